The second-order valence-electron chi connectivity index (χ2n) is 6.65. The van der Waals surface area contributed by atoms with E-state index in [1.807, 2.05) is 0 Å². The number of hydrogen-bond donors (Lipinski definition) is 0. The molecule has 0 atom stereocenters. The molecule has 0 bridgehead atoms. The van der Waals surface area contributed by atoms with Crippen LogP contribution in [0.4, 0.5) is 0 Å². The van der Waals surface area contributed by atoms with Crippen LogP contribution in [0.15, 0.2) is 6.07 Å². The summed E-state index contributed by atoms with van der Waals surface area (Å²) in [6.45, 7) is 8.56. The summed E-state index contributed by atoms with van der Waals surface area (Å²) in [5.74, 6) is -0.855. The van der Waals surface area contributed by atoms with Crippen molar-refractivity contribution in [3.8, 4) is 0 Å². The van der Waals surface area contributed by atoms with Gasteiger partial charge in [-0.3, -0.25) is 4.98 Å². The summed E-state index contributed by atoms with van der Waals surface area (Å²) in [6, 6.07) is 1.56. The lowest BCUT2D eigenvalue weighted by Crippen LogP contribution is -2.15. The van der Waals surface area contributed by atoms with E-state index in [1.165, 1.54) is 0 Å². The Kier molecular flexibility index (Phi) is 10.6. The van der Waals surface area contributed by atoms with Crippen LogP contribution in [0, 0.1) is 13.8 Å². The van der Waals surface area contributed by atoms with Crippen molar-refractivity contribution in [2.75, 3.05) is 13.2 Å². The van der Waals surface area contributed by atoms with Gasteiger partial charge in [0.05, 0.1) is 35.7 Å². The van der Waals surface area contributed by atoms with E-state index in [0.717, 1.165) is 51.4 Å². The van der Waals surface area contributed by atoms with Gasteiger partial charge < -0.3 is 9.47 Å². The fourth-order valence-corrected chi connectivity index (χ4v) is 2.68. The Labute approximate surface area is 157 Å². The summed E-state index contributed by atoms with van der Waals surface area (Å²) in [5, 5.41) is 0. The zero-order valence-corrected chi connectivity index (χ0v) is 16.7. The third-order valence-corrected chi connectivity index (χ3v) is 4.31. The van der Waals surface area contributed by atoms with Crippen LogP contribution in [0.25, 0.3) is 0 Å². The molecule has 0 aliphatic rings. The summed E-state index contributed by atoms with van der Waals surface area (Å²) in [7, 11) is 0. The first-order valence-corrected chi connectivity index (χ1v) is 9.83. The largest absolute Gasteiger partial charge is 0.462 e. The van der Waals surface area contributed by atoms with Gasteiger partial charge in [0.2, 0.25) is 0 Å². The average molecular weight is 363 g/mol. The van der Waals surface area contributed by atoms with Crippen LogP contribution in [0.3, 0.4) is 0 Å². The molecule has 0 aliphatic carbocycles. The molecule has 0 N–H and O–H groups in total. The average Bonchev–Trinajstić information content (AvgIpc) is 2.61. The second kappa shape index (κ2) is 12.4. The highest BCUT2D eigenvalue weighted by Crippen LogP contribution is 2.16. The van der Waals surface area contributed by atoms with Crippen LogP contribution in [-0.4, -0.2) is 30.1 Å². The molecule has 0 saturated carbocycles. The van der Waals surface area contributed by atoms with E-state index < -0.39 is 11.9 Å². The number of rotatable bonds is 12. The number of ether oxygens (including phenoxy) is 2. The third kappa shape index (κ3) is 7.54. The van der Waals surface area contributed by atoms with E-state index >= 15 is 0 Å². The van der Waals surface area contributed by atoms with Crippen molar-refractivity contribution < 1.29 is 19.1 Å². The number of aryl methyl sites for hydroxylation is 2. The SMILES string of the molecule is CCCCCCOC(=O)c1cc(C(=O)OCCCCCC)c(C)nc1C. The molecule has 146 valence electrons. The first kappa shape index (κ1) is 22.1. The van der Waals surface area contributed by atoms with Gasteiger partial charge in [-0.15, -0.1) is 0 Å². The molecule has 0 fully saturated rings. The fourth-order valence-electron chi connectivity index (χ4n) is 2.68. The van der Waals surface area contributed by atoms with E-state index in [4.69, 9.17) is 9.47 Å². The summed E-state index contributed by atoms with van der Waals surface area (Å²) in [4.78, 5) is 28.9. The summed E-state index contributed by atoms with van der Waals surface area (Å²) >= 11 is 0. The summed E-state index contributed by atoms with van der Waals surface area (Å²) in [5.41, 5.74) is 1.81. The maximum Gasteiger partial charge on any atom is 0.340 e. The molecule has 0 amide bonds. The van der Waals surface area contributed by atoms with Gasteiger partial charge in [0.25, 0.3) is 0 Å². The molecule has 5 heteroatoms. The minimum atomic E-state index is -0.427. The number of hydrogen-bond acceptors (Lipinski definition) is 5. The van der Waals surface area contributed by atoms with Gasteiger partial charge in [0, 0.05) is 0 Å². The number of carbonyl (C=O) groups excluding carboxylic acids is 2. The molecule has 0 saturated heterocycles. The van der Waals surface area contributed by atoms with Crippen molar-refractivity contribution in [1.29, 1.82) is 0 Å². The molecule has 5 nitrogen and oxygen atoms in total. The van der Waals surface area contributed by atoms with Crippen LogP contribution in [-0.2, 0) is 9.47 Å². The van der Waals surface area contributed by atoms with E-state index in [1.54, 1.807) is 19.9 Å². The number of carbonyl (C=O) groups is 2. The summed E-state index contributed by atoms with van der Waals surface area (Å²) < 4.78 is 10.6. The maximum atomic E-state index is 12.3. The van der Waals surface area contributed by atoms with Gasteiger partial charge in [0.1, 0.15) is 0 Å². The Morgan fingerprint density at radius 1 is 0.769 bits per heavy atom. The summed E-state index contributed by atoms with van der Waals surface area (Å²) in [6.07, 6.45) is 8.34. The second-order valence-corrected chi connectivity index (χ2v) is 6.65. The Morgan fingerprint density at radius 2 is 1.19 bits per heavy atom. The number of aromatic nitrogens is 1. The first-order valence-electron chi connectivity index (χ1n) is 9.83. The Bertz CT molecular complexity index is 536. The molecule has 1 aromatic heterocycles. The Morgan fingerprint density at radius 3 is 1.58 bits per heavy atom. The van der Waals surface area contributed by atoms with Gasteiger partial charge in [-0.2, -0.15) is 0 Å². The lowest BCUT2D eigenvalue weighted by Gasteiger charge is -2.11. The van der Waals surface area contributed by atoms with E-state index in [9.17, 15) is 9.59 Å². The van der Waals surface area contributed by atoms with Gasteiger partial charge in [-0.25, -0.2) is 9.59 Å². The predicted molar refractivity (Wildman–Crippen MR) is 103 cm³/mol. The van der Waals surface area contributed by atoms with Gasteiger partial charge in [0.15, 0.2) is 0 Å². The van der Waals surface area contributed by atoms with Crippen LogP contribution < -0.4 is 0 Å². The van der Waals surface area contributed by atoms with Crippen molar-refractivity contribution in [2.24, 2.45) is 0 Å². The highest BCUT2D eigenvalue weighted by Gasteiger charge is 2.19. The molecular weight excluding hydrogens is 330 g/mol. The maximum absolute atomic E-state index is 12.3. The number of unbranched alkanes of at least 4 members (excludes halogenated alkanes) is 6. The molecule has 1 rings (SSSR count). The predicted octanol–water partition coefficient (Wildman–Crippen LogP) is 5.17. The number of nitrogens with zero attached hydrogens (tertiary/aromatic N) is 1. The Hall–Kier alpha value is -1.91. The fraction of sp³-hybridized carbons (Fsp3) is 0.667. The van der Waals surface area contributed by atoms with Gasteiger partial charge in [-0.1, -0.05) is 52.4 Å². The molecule has 1 heterocycles. The molecule has 0 spiro atoms. The standard InChI is InChI=1S/C21H33NO4/c1-5-7-9-11-13-25-20(23)18-15-19(17(4)22-16(18)3)21(24)26-14-12-10-8-6-2/h15H,5-14H2,1-4H3. The normalized spacial score (nSPS) is 10.6. The smallest absolute Gasteiger partial charge is 0.340 e. The van der Waals surface area contributed by atoms with Crippen LogP contribution in [0.5, 0.6) is 0 Å². The zero-order valence-electron chi connectivity index (χ0n) is 16.7. The quantitative estimate of drug-likeness (QED) is 0.378. The van der Waals surface area contributed by atoms with Crippen molar-refractivity contribution in [1.82, 2.24) is 4.98 Å². The number of esters is 2. The molecule has 0 radical (unpaired) electrons. The molecule has 0 aromatic carbocycles. The van der Waals surface area contributed by atoms with Crippen molar-refractivity contribution in [3.05, 3.63) is 28.6 Å². The Balaban J connectivity index is 2.66. The van der Waals surface area contributed by atoms with Crippen molar-refractivity contribution >= 4 is 11.9 Å². The first-order chi connectivity index (χ1) is 12.5. The molecule has 0 unspecified atom stereocenters. The lowest BCUT2D eigenvalue weighted by atomic mass is 10.1. The van der Waals surface area contributed by atoms with E-state index in [-0.39, 0.29) is 0 Å². The van der Waals surface area contributed by atoms with Crippen LogP contribution in [0.2, 0.25) is 0 Å². The number of pyridine rings is 1. The van der Waals surface area contributed by atoms with Crippen molar-refractivity contribution in [2.45, 2.75) is 79.1 Å². The molecule has 1 aromatic rings. The van der Waals surface area contributed by atoms with E-state index in [2.05, 4.69) is 18.8 Å². The minimum Gasteiger partial charge on any atom is -0.462 e. The lowest BCUT2D eigenvalue weighted by molar-refractivity contribution is 0.0494. The van der Waals surface area contributed by atoms with Crippen molar-refractivity contribution in [3.63, 3.8) is 0 Å². The highest BCUT2D eigenvalue weighted by molar-refractivity contribution is 5.96. The third-order valence-electron chi connectivity index (χ3n) is 4.31. The van der Waals surface area contributed by atoms with Gasteiger partial charge in [-0.05, 0) is 32.8 Å². The van der Waals surface area contributed by atoms with Crippen LogP contribution in [0.1, 0.15) is 97.3 Å². The van der Waals surface area contributed by atoms with Crippen LogP contribution >= 0.6 is 0 Å². The molecular formula is C21H33NO4. The highest BCUT2D eigenvalue weighted by atomic mass is 16.5. The monoisotopic (exact) mass is 363 g/mol. The molecule has 0 aliphatic heterocycles. The van der Waals surface area contributed by atoms with Gasteiger partial charge >= 0.3 is 11.9 Å². The minimum absolute atomic E-state index is 0.337. The topological polar surface area (TPSA) is 65.5 Å². The molecule has 26 heavy (non-hydrogen) atoms. The van der Waals surface area contributed by atoms with E-state index in [0.29, 0.717) is 35.7 Å². The zero-order chi connectivity index (χ0) is 19.4.